The number of aryl methyl sites for hydroxylation is 1. The van der Waals surface area contributed by atoms with Gasteiger partial charge in [0.1, 0.15) is 0 Å². The smallest absolute Gasteiger partial charge is 0.191 e. The summed E-state index contributed by atoms with van der Waals surface area (Å²) in [4.78, 5) is 6.78. The summed E-state index contributed by atoms with van der Waals surface area (Å²) in [5, 5.41) is 10.9. The summed E-state index contributed by atoms with van der Waals surface area (Å²) >= 11 is 0. The predicted octanol–water partition coefficient (Wildman–Crippen LogP) is 2.71. The van der Waals surface area contributed by atoms with Crippen LogP contribution in [0.25, 0.3) is 0 Å². The third kappa shape index (κ3) is 7.76. The maximum atomic E-state index is 4.67. The van der Waals surface area contributed by atoms with Gasteiger partial charge >= 0.3 is 0 Å². The first kappa shape index (κ1) is 21.3. The molecule has 0 bridgehead atoms. The minimum atomic E-state index is 0. The van der Waals surface area contributed by atoms with Crippen molar-refractivity contribution in [2.75, 3.05) is 32.1 Å². The van der Waals surface area contributed by atoms with Crippen LogP contribution in [-0.4, -0.2) is 42.9 Å². The lowest BCUT2D eigenvalue weighted by atomic mass is 10.2. The van der Waals surface area contributed by atoms with Crippen LogP contribution in [0.5, 0.6) is 0 Å². The summed E-state index contributed by atoms with van der Waals surface area (Å²) in [6.45, 7) is 5.36. The van der Waals surface area contributed by atoms with E-state index in [1.54, 1.807) is 6.20 Å². The Morgan fingerprint density at radius 2 is 2.08 bits per heavy atom. The number of halogens is 1. The first-order chi connectivity index (χ1) is 11.7. The highest BCUT2D eigenvalue weighted by molar-refractivity contribution is 14.0. The van der Waals surface area contributed by atoms with E-state index in [1.165, 1.54) is 11.3 Å². The number of aromatic nitrogens is 2. The predicted molar refractivity (Wildman–Crippen MR) is 116 cm³/mol. The maximum absolute atomic E-state index is 4.67. The quantitative estimate of drug-likeness (QED) is 0.278. The summed E-state index contributed by atoms with van der Waals surface area (Å²) in [5.41, 5.74) is 2.40. The average molecular weight is 456 g/mol. The van der Waals surface area contributed by atoms with Crippen LogP contribution in [0, 0.1) is 0 Å². The Hall–Kier alpha value is -1.77. The van der Waals surface area contributed by atoms with Crippen molar-refractivity contribution in [1.29, 1.82) is 0 Å². The number of anilines is 1. The molecule has 0 aliphatic rings. The molecule has 0 aliphatic heterocycles. The molecule has 0 saturated carbocycles. The minimum Gasteiger partial charge on any atom is -0.378 e. The van der Waals surface area contributed by atoms with Crippen LogP contribution in [0.2, 0.25) is 0 Å². The van der Waals surface area contributed by atoms with Crippen LogP contribution in [0.4, 0.5) is 5.69 Å². The van der Waals surface area contributed by atoms with Crippen LogP contribution in [-0.2, 0) is 13.1 Å². The van der Waals surface area contributed by atoms with E-state index in [0.29, 0.717) is 6.54 Å². The highest BCUT2D eigenvalue weighted by Gasteiger charge is 2.00. The lowest BCUT2D eigenvalue weighted by Gasteiger charge is -2.14. The molecule has 0 unspecified atom stereocenters. The van der Waals surface area contributed by atoms with E-state index in [-0.39, 0.29) is 24.0 Å². The van der Waals surface area contributed by atoms with E-state index in [9.17, 15) is 0 Å². The van der Waals surface area contributed by atoms with E-state index in [0.717, 1.165) is 32.0 Å². The van der Waals surface area contributed by atoms with Crippen LogP contribution >= 0.6 is 24.0 Å². The van der Waals surface area contributed by atoms with E-state index in [4.69, 9.17) is 0 Å². The molecule has 0 amide bonds. The SMILES string of the molecule is CCNC(=NCc1cccc(N(C)C)c1)NCCCn1cccn1.I. The summed E-state index contributed by atoms with van der Waals surface area (Å²) < 4.78 is 1.94. The van der Waals surface area contributed by atoms with Crippen LogP contribution < -0.4 is 15.5 Å². The molecule has 2 N–H and O–H groups in total. The Balaban J connectivity index is 0.00000312. The van der Waals surface area contributed by atoms with Crippen LogP contribution in [0.1, 0.15) is 18.9 Å². The Morgan fingerprint density at radius 3 is 2.76 bits per heavy atom. The molecule has 7 heteroatoms. The zero-order valence-corrected chi connectivity index (χ0v) is 17.6. The molecule has 2 aromatic rings. The topological polar surface area (TPSA) is 57.5 Å². The monoisotopic (exact) mass is 456 g/mol. The number of nitrogens with one attached hydrogen (secondary N) is 2. The van der Waals surface area contributed by atoms with Crippen molar-refractivity contribution < 1.29 is 0 Å². The van der Waals surface area contributed by atoms with Gasteiger partial charge < -0.3 is 15.5 Å². The van der Waals surface area contributed by atoms with Crippen molar-refractivity contribution in [2.45, 2.75) is 26.4 Å². The van der Waals surface area contributed by atoms with Crippen LogP contribution in [0.15, 0.2) is 47.7 Å². The number of benzene rings is 1. The lowest BCUT2D eigenvalue weighted by molar-refractivity contribution is 0.570. The molecular weight excluding hydrogens is 427 g/mol. The van der Waals surface area contributed by atoms with E-state index >= 15 is 0 Å². The second-order valence-electron chi connectivity index (χ2n) is 5.81. The van der Waals surface area contributed by atoms with Gasteiger partial charge in [-0.05, 0) is 37.1 Å². The third-order valence-electron chi connectivity index (χ3n) is 3.61. The highest BCUT2D eigenvalue weighted by Crippen LogP contribution is 2.13. The molecule has 0 aliphatic carbocycles. The summed E-state index contributed by atoms with van der Waals surface area (Å²) in [7, 11) is 4.10. The third-order valence-corrected chi connectivity index (χ3v) is 3.61. The Labute approximate surface area is 167 Å². The molecule has 2 rings (SSSR count). The van der Waals surface area contributed by atoms with Crippen LogP contribution in [0.3, 0.4) is 0 Å². The van der Waals surface area contributed by atoms with Crippen molar-refractivity contribution in [3.63, 3.8) is 0 Å². The van der Waals surface area contributed by atoms with Crippen molar-refractivity contribution in [2.24, 2.45) is 4.99 Å². The number of nitrogens with zero attached hydrogens (tertiary/aromatic N) is 4. The molecule has 1 heterocycles. The van der Waals surface area contributed by atoms with Crippen molar-refractivity contribution >= 4 is 35.6 Å². The Kier molecular flexibility index (Phi) is 9.98. The van der Waals surface area contributed by atoms with Crippen molar-refractivity contribution in [1.82, 2.24) is 20.4 Å². The molecule has 1 aromatic carbocycles. The fourth-order valence-corrected chi connectivity index (χ4v) is 2.33. The summed E-state index contributed by atoms with van der Waals surface area (Å²) in [6, 6.07) is 10.4. The van der Waals surface area contributed by atoms with Gasteiger partial charge in [0.2, 0.25) is 0 Å². The fourth-order valence-electron chi connectivity index (χ4n) is 2.33. The second-order valence-corrected chi connectivity index (χ2v) is 5.81. The first-order valence-electron chi connectivity index (χ1n) is 8.45. The molecule has 6 nitrogen and oxygen atoms in total. The first-order valence-corrected chi connectivity index (χ1v) is 8.45. The van der Waals surface area contributed by atoms with Gasteiger partial charge in [-0.2, -0.15) is 5.10 Å². The molecule has 0 saturated heterocycles. The minimum absolute atomic E-state index is 0. The summed E-state index contributed by atoms with van der Waals surface area (Å²) in [5.74, 6) is 0.855. The number of hydrogen-bond acceptors (Lipinski definition) is 3. The van der Waals surface area contributed by atoms with Gasteiger partial charge in [-0.15, -0.1) is 24.0 Å². The Morgan fingerprint density at radius 1 is 1.24 bits per heavy atom. The number of aliphatic imine (C=N–C) groups is 1. The molecule has 0 atom stereocenters. The molecule has 138 valence electrons. The van der Waals surface area contributed by atoms with Gasteiger partial charge in [0.05, 0.1) is 6.54 Å². The standard InChI is InChI=1S/C18H28N6.HI/c1-4-19-18(20-10-6-12-24-13-7-11-22-24)21-15-16-8-5-9-17(14-16)23(2)3;/h5,7-9,11,13-14H,4,6,10,12,15H2,1-3H3,(H2,19,20,21);1H. The normalized spacial score (nSPS) is 10.9. The molecule has 1 aromatic heterocycles. The van der Waals surface area contributed by atoms with E-state index < -0.39 is 0 Å². The average Bonchev–Trinajstić information content (AvgIpc) is 3.10. The van der Waals surface area contributed by atoms with Crippen molar-refractivity contribution in [3.05, 3.63) is 48.3 Å². The number of hydrogen-bond donors (Lipinski definition) is 2. The van der Waals surface area contributed by atoms with E-state index in [2.05, 4.69) is 56.8 Å². The fraction of sp³-hybridized carbons (Fsp3) is 0.444. The van der Waals surface area contributed by atoms with Gasteiger partial charge in [0.25, 0.3) is 0 Å². The number of rotatable bonds is 8. The van der Waals surface area contributed by atoms with Gasteiger partial charge in [0, 0.05) is 51.8 Å². The van der Waals surface area contributed by atoms with E-state index in [1.807, 2.05) is 31.0 Å². The molecular formula is C18H29IN6. The van der Waals surface area contributed by atoms with Gasteiger partial charge in [-0.1, -0.05) is 12.1 Å². The van der Waals surface area contributed by atoms with Crippen molar-refractivity contribution in [3.8, 4) is 0 Å². The van der Waals surface area contributed by atoms with Gasteiger partial charge in [-0.25, -0.2) is 4.99 Å². The largest absolute Gasteiger partial charge is 0.378 e. The summed E-state index contributed by atoms with van der Waals surface area (Å²) in [6.07, 6.45) is 4.79. The lowest BCUT2D eigenvalue weighted by Crippen LogP contribution is -2.38. The maximum Gasteiger partial charge on any atom is 0.191 e. The second kappa shape index (κ2) is 11.7. The zero-order chi connectivity index (χ0) is 17.2. The van der Waals surface area contributed by atoms with Gasteiger partial charge in [-0.3, -0.25) is 4.68 Å². The Bertz CT molecular complexity index is 624. The zero-order valence-electron chi connectivity index (χ0n) is 15.3. The van der Waals surface area contributed by atoms with Gasteiger partial charge in [0.15, 0.2) is 5.96 Å². The molecule has 25 heavy (non-hydrogen) atoms. The molecule has 0 spiro atoms. The molecule has 0 fully saturated rings. The molecule has 0 radical (unpaired) electrons. The highest BCUT2D eigenvalue weighted by atomic mass is 127. The number of guanidine groups is 1.